The summed E-state index contributed by atoms with van der Waals surface area (Å²) in [4.78, 5) is 21.9. The SMILES string of the molecule is O=C(CSc1nc2cc(F)c(F)cc2[nH]1)N1CCCC1c1ccc2c(c1)OCCO2. The third-order valence-corrected chi connectivity index (χ3v) is 6.22. The van der Waals surface area contributed by atoms with Crippen LogP contribution < -0.4 is 9.47 Å². The van der Waals surface area contributed by atoms with E-state index in [0.29, 0.717) is 41.7 Å². The average Bonchev–Trinajstić information content (AvgIpc) is 3.39. The van der Waals surface area contributed by atoms with E-state index in [-0.39, 0.29) is 17.7 Å². The first-order chi connectivity index (χ1) is 14.6. The molecule has 156 valence electrons. The fraction of sp³-hybridized carbons (Fsp3) is 0.333. The molecular formula is C21H19F2N3O3S. The lowest BCUT2D eigenvalue weighted by Crippen LogP contribution is -2.32. The number of rotatable bonds is 4. The summed E-state index contributed by atoms with van der Waals surface area (Å²) in [5.74, 6) is -0.246. The minimum atomic E-state index is -0.944. The zero-order chi connectivity index (χ0) is 20.7. The Bertz CT molecular complexity index is 1080. The molecule has 3 aromatic rings. The van der Waals surface area contributed by atoms with Gasteiger partial charge in [0.2, 0.25) is 5.91 Å². The number of H-pyrrole nitrogens is 1. The lowest BCUT2D eigenvalue weighted by molar-refractivity contribution is -0.129. The number of thioether (sulfide) groups is 1. The van der Waals surface area contributed by atoms with E-state index in [4.69, 9.17) is 9.47 Å². The number of ether oxygens (including phenoxy) is 2. The van der Waals surface area contributed by atoms with E-state index in [9.17, 15) is 13.6 Å². The van der Waals surface area contributed by atoms with Crippen LogP contribution in [-0.4, -0.2) is 46.3 Å². The maximum atomic E-state index is 13.4. The summed E-state index contributed by atoms with van der Waals surface area (Å²) in [6.07, 6.45) is 1.82. The lowest BCUT2D eigenvalue weighted by Gasteiger charge is -2.26. The Labute approximate surface area is 175 Å². The van der Waals surface area contributed by atoms with E-state index in [1.165, 1.54) is 11.8 Å². The standard InChI is InChI=1S/C21H19F2N3O3S/c22-13-9-15-16(10-14(13)23)25-21(24-15)30-11-20(27)26-5-1-2-17(26)12-3-4-18-19(8-12)29-7-6-28-18/h3-4,8-10,17H,1-2,5-7,11H2,(H,24,25). The number of hydrogen-bond acceptors (Lipinski definition) is 5. The molecule has 9 heteroatoms. The number of likely N-dealkylation sites (tertiary alicyclic amines) is 1. The third-order valence-electron chi connectivity index (χ3n) is 5.36. The Morgan fingerprint density at radius 2 is 1.97 bits per heavy atom. The molecule has 0 aliphatic carbocycles. The average molecular weight is 431 g/mol. The first-order valence-corrected chi connectivity index (χ1v) is 10.7. The van der Waals surface area contributed by atoms with Crippen LogP contribution in [0.3, 0.4) is 0 Å². The van der Waals surface area contributed by atoms with E-state index in [2.05, 4.69) is 9.97 Å². The van der Waals surface area contributed by atoms with Crippen molar-refractivity contribution in [2.75, 3.05) is 25.5 Å². The molecule has 1 N–H and O–H groups in total. The van der Waals surface area contributed by atoms with Gasteiger partial charge in [0.05, 0.1) is 22.8 Å². The molecule has 1 amide bonds. The van der Waals surface area contributed by atoms with Gasteiger partial charge < -0.3 is 19.4 Å². The fourth-order valence-electron chi connectivity index (χ4n) is 3.94. The highest BCUT2D eigenvalue weighted by atomic mass is 32.2. The maximum Gasteiger partial charge on any atom is 0.233 e. The van der Waals surface area contributed by atoms with Gasteiger partial charge in [-0.25, -0.2) is 13.8 Å². The normalized spacial score (nSPS) is 18.2. The molecule has 3 heterocycles. The number of fused-ring (bicyclic) bond motifs is 2. The summed E-state index contributed by atoms with van der Waals surface area (Å²) in [6.45, 7) is 1.75. The number of amides is 1. The molecule has 2 aliphatic rings. The monoisotopic (exact) mass is 431 g/mol. The van der Waals surface area contributed by atoms with Crippen LogP contribution in [-0.2, 0) is 4.79 Å². The number of imidazole rings is 1. The van der Waals surface area contributed by atoms with Crippen molar-refractivity contribution in [2.24, 2.45) is 0 Å². The Balaban J connectivity index is 1.28. The molecule has 30 heavy (non-hydrogen) atoms. The first-order valence-electron chi connectivity index (χ1n) is 9.75. The summed E-state index contributed by atoms with van der Waals surface area (Å²) >= 11 is 1.23. The zero-order valence-corrected chi connectivity index (χ0v) is 16.8. The summed E-state index contributed by atoms with van der Waals surface area (Å²) in [7, 11) is 0. The predicted molar refractivity (Wildman–Crippen MR) is 108 cm³/mol. The van der Waals surface area contributed by atoms with Gasteiger partial charge in [0.1, 0.15) is 13.2 Å². The number of halogens is 2. The fourth-order valence-corrected chi connectivity index (χ4v) is 4.71. The van der Waals surface area contributed by atoms with Crippen LogP contribution >= 0.6 is 11.8 Å². The van der Waals surface area contributed by atoms with E-state index in [1.54, 1.807) is 0 Å². The van der Waals surface area contributed by atoms with Gasteiger partial charge in [0.25, 0.3) is 0 Å². The summed E-state index contributed by atoms with van der Waals surface area (Å²) < 4.78 is 38.0. The number of nitrogens with zero attached hydrogens (tertiary/aromatic N) is 2. The molecule has 2 aliphatic heterocycles. The second-order valence-corrected chi connectivity index (χ2v) is 8.23. The van der Waals surface area contributed by atoms with Crippen LogP contribution in [0, 0.1) is 11.6 Å². The minimum absolute atomic E-state index is 0.00444. The molecule has 1 fully saturated rings. The van der Waals surface area contributed by atoms with Gasteiger partial charge >= 0.3 is 0 Å². The van der Waals surface area contributed by atoms with Gasteiger partial charge in [-0.3, -0.25) is 4.79 Å². The van der Waals surface area contributed by atoms with Crippen molar-refractivity contribution < 1.29 is 23.0 Å². The van der Waals surface area contributed by atoms with Crippen molar-refractivity contribution >= 4 is 28.7 Å². The molecule has 5 rings (SSSR count). The molecule has 1 aromatic heterocycles. The van der Waals surface area contributed by atoms with Crippen LogP contribution in [0.1, 0.15) is 24.4 Å². The van der Waals surface area contributed by atoms with E-state index in [0.717, 1.165) is 36.3 Å². The van der Waals surface area contributed by atoms with Crippen molar-refractivity contribution in [3.05, 3.63) is 47.5 Å². The Morgan fingerprint density at radius 3 is 2.83 bits per heavy atom. The number of hydrogen-bond donors (Lipinski definition) is 1. The van der Waals surface area contributed by atoms with Gasteiger partial charge in [-0.1, -0.05) is 17.8 Å². The molecule has 6 nitrogen and oxygen atoms in total. The van der Waals surface area contributed by atoms with E-state index in [1.807, 2.05) is 23.1 Å². The smallest absolute Gasteiger partial charge is 0.233 e. The van der Waals surface area contributed by atoms with Gasteiger partial charge in [-0.2, -0.15) is 0 Å². The Morgan fingerprint density at radius 1 is 1.17 bits per heavy atom. The maximum absolute atomic E-state index is 13.4. The van der Waals surface area contributed by atoms with Crippen LogP contribution in [0.2, 0.25) is 0 Å². The number of carbonyl (C=O) groups is 1. The lowest BCUT2D eigenvalue weighted by atomic mass is 10.0. The van der Waals surface area contributed by atoms with Gasteiger partial charge in [-0.15, -0.1) is 0 Å². The number of aromatic amines is 1. The van der Waals surface area contributed by atoms with Crippen LogP contribution in [0.15, 0.2) is 35.5 Å². The summed E-state index contributed by atoms with van der Waals surface area (Å²) in [6, 6.07) is 7.95. The second kappa shape index (κ2) is 7.79. The quantitative estimate of drug-likeness (QED) is 0.631. The van der Waals surface area contributed by atoms with Crippen molar-refractivity contribution in [3.63, 3.8) is 0 Å². The molecule has 0 spiro atoms. The number of benzene rings is 2. The van der Waals surface area contributed by atoms with Crippen molar-refractivity contribution in [1.82, 2.24) is 14.9 Å². The summed E-state index contributed by atoms with van der Waals surface area (Å²) in [5, 5.41) is 0.457. The van der Waals surface area contributed by atoms with Crippen molar-refractivity contribution in [3.8, 4) is 11.5 Å². The number of nitrogens with one attached hydrogen (secondary N) is 1. The molecule has 0 radical (unpaired) electrons. The number of carbonyl (C=O) groups excluding carboxylic acids is 1. The number of aromatic nitrogens is 2. The van der Waals surface area contributed by atoms with Crippen LogP contribution in [0.5, 0.6) is 11.5 Å². The molecular weight excluding hydrogens is 412 g/mol. The molecule has 2 aromatic carbocycles. The summed E-state index contributed by atoms with van der Waals surface area (Å²) in [5.41, 5.74) is 1.77. The minimum Gasteiger partial charge on any atom is -0.486 e. The third kappa shape index (κ3) is 3.58. The molecule has 1 atom stereocenters. The highest BCUT2D eigenvalue weighted by molar-refractivity contribution is 7.99. The van der Waals surface area contributed by atoms with Crippen LogP contribution in [0.4, 0.5) is 8.78 Å². The highest BCUT2D eigenvalue weighted by Gasteiger charge is 2.31. The van der Waals surface area contributed by atoms with Crippen molar-refractivity contribution in [2.45, 2.75) is 24.0 Å². The largest absolute Gasteiger partial charge is 0.486 e. The first kappa shape index (κ1) is 19.2. The van der Waals surface area contributed by atoms with Gasteiger partial charge in [0, 0.05) is 18.7 Å². The highest BCUT2D eigenvalue weighted by Crippen LogP contribution is 2.38. The Hall–Kier alpha value is -2.81. The van der Waals surface area contributed by atoms with Crippen LogP contribution in [0.25, 0.3) is 11.0 Å². The Kier molecular flexibility index (Phi) is 4.98. The van der Waals surface area contributed by atoms with Gasteiger partial charge in [0.15, 0.2) is 28.3 Å². The molecule has 0 bridgehead atoms. The topological polar surface area (TPSA) is 67.5 Å². The van der Waals surface area contributed by atoms with E-state index < -0.39 is 11.6 Å². The van der Waals surface area contributed by atoms with Gasteiger partial charge in [-0.05, 0) is 30.5 Å². The van der Waals surface area contributed by atoms with Crippen molar-refractivity contribution in [1.29, 1.82) is 0 Å². The zero-order valence-electron chi connectivity index (χ0n) is 16.0. The molecule has 0 saturated carbocycles. The molecule has 1 saturated heterocycles. The predicted octanol–water partition coefficient (Wildman–Crippen LogP) is 4.07. The van der Waals surface area contributed by atoms with E-state index >= 15 is 0 Å². The second-order valence-electron chi connectivity index (χ2n) is 7.26. The molecule has 1 unspecified atom stereocenters.